The van der Waals surface area contributed by atoms with E-state index in [1.807, 2.05) is 0 Å². The molecular formula is C16H27N5O. The molecule has 1 N–H and O–H groups in total. The summed E-state index contributed by atoms with van der Waals surface area (Å²) in [4.78, 5) is 15.0. The predicted octanol–water partition coefficient (Wildman–Crippen LogP) is 1.35. The molecule has 0 unspecified atom stereocenters. The van der Waals surface area contributed by atoms with Gasteiger partial charge in [-0.2, -0.15) is 0 Å². The third-order valence-electron chi connectivity index (χ3n) is 5.11. The summed E-state index contributed by atoms with van der Waals surface area (Å²) in [6.45, 7) is 8.70. The van der Waals surface area contributed by atoms with Gasteiger partial charge in [0.05, 0.1) is 12.0 Å². The Morgan fingerprint density at radius 1 is 1.27 bits per heavy atom. The molecule has 2 aliphatic heterocycles. The first-order valence-electron chi connectivity index (χ1n) is 8.54. The third-order valence-corrected chi connectivity index (χ3v) is 5.11. The predicted molar refractivity (Wildman–Crippen MR) is 84.3 cm³/mol. The van der Waals surface area contributed by atoms with E-state index >= 15 is 0 Å². The van der Waals surface area contributed by atoms with Crippen molar-refractivity contribution in [2.75, 3.05) is 19.6 Å². The zero-order chi connectivity index (χ0) is 15.6. The van der Waals surface area contributed by atoms with E-state index in [-0.39, 0.29) is 11.3 Å². The van der Waals surface area contributed by atoms with Gasteiger partial charge in [-0.3, -0.25) is 4.79 Å². The monoisotopic (exact) mass is 305 g/mol. The van der Waals surface area contributed by atoms with E-state index < -0.39 is 0 Å². The maximum Gasteiger partial charge on any atom is 0.227 e. The summed E-state index contributed by atoms with van der Waals surface area (Å²) < 4.78 is 2.17. The number of fused-ring (bicyclic) bond motifs is 1. The van der Waals surface area contributed by atoms with E-state index in [0.717, 1.165) is 57.1 Å². The molecule has 1 atom stereocenters. The molecule has 3 heterocycles. The lowest BCUT2D eigenvalue weighted by molar-refractivity contribution is -0.133. The summed E-state index contributed by atoms with van der Waals surface area (Å²) in [5, 5.41) is 11.6. The fourth-order valence-electron chi connectivity index (χ4n) is 3.67. The number of hydrogen-bond acceptors (Lipinski definition) is 4. The Morgan fingerprint density at radius 2 is 2.14 bits per heavy atom. The van der Waals surface area contributed by atoms with Crippen LogP contribution in [0.5, 0.6) is 0 Å². The second kappa shape index (κ2) is 6.36. The lowest BCUT2D eigenvalue weighted by Gasteiger charge is -2.38. The van der Waals surface area contributed by atoms with Crippen LogP contribution in [0.25, 0.3) is 0 Å². The second-order valence-electron chi connectivity index (χ2n) is 6.86. The van der Waals surface area contributed by atoms with Gasteiger partial charge in [-0.05, 0) is 45.7 Å². The van der Waals surface area contributed by atoms with Crippen LogP contribution in [-0.4, -0.2) is 45.2 Å². The SMILES string of the molecule is CCN1CCC[C@](C)(C(=O)NCc2nnc3n2CCCC3)C1. The first kappa shape index (κ1) is 15.5. The summed E-state index contributed by atoms with van der Waals surface area (Å²) in [6, 6.07) is 0. The topological polar surface area (TPSA) is 63.1 Å². The molecule has 3 rings (SSSR count). The molecule has 6 heteroatoms. The van der Waals surface area contributed by atoms with Gasteiger partial charge in [0.1, 0.15) is 5.82 Å². The van der Waals surface area contributed by atoms with Crippen LogP contribution in [0.4, 0.5) is 0 Å². The lowest BCUT2D eigenvalue weighted by atomic mass is 9.81. The van der Waals surface area contributed by atoms with Crippen molar-refractivity contribution in [3.8, 4) is 0 Å². The third kappa shape index (κ3) is 3.02. The first-order valence-corrected chi connectivity index (χ1v) is 8.54. The zero-order valence-corrected chi connectivity index (χ0v) is 13.8. The highest BCUT2D eigenvalue weighted by Gasteiger charge is 2.37. The normalized spacial score (nSPS) is 25.7. The molecule has 0 aromatic carbocycles. The molecule has 1 amide bonds. The molecule has 1 fully saturated rings. The minimum atomic E-state index is -0.279. The van der Waals surface area contributed by atoms with Crippen molar-refractivity contribution in [1.29, 1.82) is 0 Å². The molecule has 2 aliphatic rings. The molecule has 0 spiro atoms. The van der Waals surface area contributed by atoms with Crippen LogP contribution in [0.2, 0.25) is 0 Å². The molecule has 122 valence electrons. The maximum absolute atomic E-state index is 12.6. The quantitative estimate of drug-likeness (QED) is 0.912. The van der Waals surface area contributed by atoms with E-state index in [4.69, 9.17) is 0 Å². The first-order chi connectivity index (χ1) is 10.6. The molecule has 0 saturated carbocycles. The van der Waals surface area contributed by atoms with Crippen molar-refractivity contribution < 1.29 is 4.79 Å². The maximum atomic E-state index is 12.6. The van der Waals surface area contributed by atoms with Crippen molar-refractivity contribution in [2.45, 2.75) is 59.0 Å². The summed E-state index contributed by atoms with van der Waals surface area (Å²) >= 11 is 0. The van der Waals surface area contributed by atoms with Crippen LogP contribution in [0, 0.1) is 5.41 Å². The highest BCUT2D eigenvalue weighted by Crippen LogP contribution is 2.29. The van der Waals surface area contributed by atoms with E-state index in [2.05, 4.69) is 38.8 Å². The average molecular weight is 305 g/mol. The fraction of sp³-hybridized carbons (Fsp3) is 0.812. The molecule has 0 aliphatic carbocycles. The van der Waals surface area contributed by atoms with Crippen molar-refractivity contribution >= 4 is 5.91 Å². The number of carbonyl (C=O) groups excluding carboxylic acids is 1. The van der Waals surface area contributed by atoms with Crippen molar-refractivity contribution in [3.05, 3.63) is 11.6 Å². The molecule has 1 aromatic heterocycles. The number of nitrogens with zero attached hydrogens (tertiary/aromatic N) is 4. The molecular weight excluding hydrogens is 278 g/mol. The minimum Gasteiger partial charge on any atom is -0.348 e. The summed E-state index contributed by atoms with van der Waals surface area (Å²) in [6.07, 6.45) is 5.43. The highest BCUT2D eigenvalue weighted by atomic mass is 16.2. The Labute approximate surface area is 132 Å². The van der Waals surface area contributed by atoms with Crippen LogP contribution in [0.1, 0.15) is 51.2 Å². The number of aryl methyl sites for hydroxylation is 1. The van der Waals surface area contributed by atoms with Gasteiger partial charge in [-0.1, -0.05) is 6.92 Å². The average Bonchev–Trinajstić information content (AvgIpc) is 2.95. The number of nitrogens with one attached hydrogen (secondary N) is 1. The van der Waals surface area contributed by atoms with Crippen molar-refractivity contribution in [1.82, 2.24) is 25.0 Å². The minimum absolute atomic E-state index is 0.152. The number of aromatic nitrogens is 3. The van der Waals surface area contributed by atoms with Crippen LogP contribution in [0.3, 0.4) is 0 Å². The van der Waals surface area contributed by atoms with Gasteiger partial charge in [0.15, 0.2) is 5.82 Å². The van der Waals surface area contributed by atoms with Crippen molar-refractivity contribution in [3.63, 3.8) is 0 Å². The van der Waals surface area contributed by atoms with E-state index in [1.165, 1.54) is 12.8 Å². The zero-order valence-electron chi connectivity index (χ0n) is 13.8. The van der Waals surface area contributed by atoms with Gasteiger partial charge in [-0.15, -0.1) is 10.2 Å². The van der Waals surface area contributed by atoms with Crippen LogP contribution in [0.15, 0.2) is 0 Å². The van der Waals surface area contributed by atoms with Gasteiger partial charge in [0.2, 0.25) is 5.91 Å². The van der Waals surface area contributed by atoms with Gasteiger partial charge in [0, 0.05) is 19.5 Å². The Kier molecular flexibility index (Phi) is 4.47. The molecule has 0 radical (unpaired) electrons. The number of carbonyl (C=O) groups is 1. The number of amides is 1. The Balaban J connectivity index is 1.61. The van der Waals surface area contributed by atoms with Gasteiger partial charge < -0.3 is 14.8 Å². The largest absolute Gasteiger partial charge is 0.348 e. The smallest absolute Gasteiger partial charge is 0.227 e. The lowest BCUT2D eigenvalue weighted by Crippen LogP contribution is -2.50. The number of likely N-dealkylation sites (tertiary alicyclic amines) is 1. The molecule has 1 saturated heterocycles. The Bertz CT molecular complexity index is 541. The summed E-state index contributed by atoms with van der Waals surface area (Å²) in [5.74, 6) is 2.12. The molecule has 0 bridgehead atoms. The Hall–Kier alpha value is -1.43. The van der Waals surface area contributed by atoms with Crippen LogP contribution in [-0.2, 0) is 24.3 Å². The second-order valence-corrected chi connectivity index (χ2v) is 6.86. The standard InChI is InChI=1S/C16H27N5O/c1-3-20-9-6-8-16(2,12-20)15(22)17-11-14-19-18-13-7-4-5-10-21(13)14/h3-12H2,1-2H3,(H,17,22)/t16-/m0/s1. The molecule has 6 nitrogen and oxygen atoms in total. The Morgan fingerprint density at radius 3 is 2.95 bits per heavy atom. The molecule has 22 heavy (non-hydrogen) atoms. The van der Waals surface area contributed by atoms with E-state index in [0.29, 0.717) is 6.54 Å². The van der Waals surface area contributed by atoms with Crippen LogP contribution >= 0.6 is 0 Å². The number of hydrogen-bond donors (Lipinski definition) is 1. The fourth-order valence-corrected chi connectivity index (χ4v) is 3.67. The van der Waals surface area contributed by atoms with E-state index in [1.54, 1.807) is 0 Å². The molecule has 1 aromatic rings. The van der Waals surface area contributed by atoms with Gasteiger partial charge in [0.25, 0.3) is 0 Å². The van der Waals surface area contributed by atoms with Crippen molar-refractivity contribution in [2.24, 2.45) is 5.41 Å². The van der Waals surface area contributed by atoms with Gasteiger partial charge in [-0.25, -0.2) is 0 Å². The number of piperidine rings is 1. The van der Waals surface area contributed by atoms with Crippen LogP contribution < -0.4 is 5.32 Å². The summed E-state index contributed by atoms with van der Waals surface area (Å²) in [7, 11) is 0. The van der Waals surface area contributed by atoms with Gasteiger partial charge >= 0.3 is 0 Å². The van der Waals surface area contributed by atoms with E-state index in [9.17, 15) is 4.79 Å². The number of rotatable bonds is 4. The summed E-state index contributed by atoms with van der Waals surface area (Å²) in [5.41, 5.74) is -0.279. The highest BCUT2D eigenvalue weighted by molar-refractivity contribution is 5.82.